The number of ether oxygens (including phenoxy) is 3. The van der Waals surface area contributed by atoms with Gasteiger partial charge in [0.1, 0.15) is 19.3 Å². The van der Waals surface area contributed by atoms with E-state index in [4.69, 9.17) is 19.3 Å². The topological polar surface area (TPSA) is 140 Å². The molecule has 51 heavy (non-hydrogen) atoms. The van der Waals surface area contributed by atoms with Crippen molar-refractivity contribution in [2.75, 3.05) is 26.4 Å². The number of aliphatic hydroxyl groups is 3. The van der Waals surface area contributed by atoms with Crippen molar-refractivity contribution in [3.63, 3.8) is 0 Å². The lowest BCUT2D eigenvalue weighted by Crippen LogP contribution is -2.28. The van der Waals surface area contributed by atoms with Gasteiger partial charge in [0.25, 0.3) is 0 Å². The van der Waals surface area contributed by atoms with Crippen molar-refractivity contribution >= 4 is 17.9 Å². The number of rotatable bonds is 36. The fraction of sp³-hybridized carbons (Fsp3) is 0.738. The minimum Gasteiger partial charge on any atom is -0.463 e. The SMILES string of the molecule is CC/C=C\C/C=C\C/C=C\CCCCCCCC(=O)OC(CO)COC(=O)CCCCCCCC=CCCCCCCCC(=O)OCC(O)CO. The van der Waals surface area contributed by atoms with E-state index < -0.39 is 18.8 Å². The van der Waals surface area contributed by atoms with Gasteiger partial charge < -0.3 is 29.5 Å². The second-order valence-corrected chi connectivity index (χ2v) is 13.2. The Morgan fingerprint density at radius 2 is 0.882 bits per heavy atom. The third kappa shape index (κ3) is 36.8. The fourth-order valence-corrected chi connectivity index (χ4v) is 5.19. The molecule has 2 atom stereocenters. The van der Waals surface area contributed by atoms with Gasteiger partial charge in [0.2, 0.25) is 0 Å². The third-order valence-corrected chi connectivity index (χ3v) is 8.28. The van der Waals surface area contributed by atoms with Gasteiger partial charge in [-0.2, -0.15) is 0 Å². The van der Waals surface area contributed by atoms with Crippen LogP contribution in [0.1, 0.15) is 161 Å². The highest BCUT2D eigenvalue weighted by Crippen LogP contribution is 2.12. The number of carbonyl (C=O) groups is 3. The molecule has 0 aliphatic heterocycles. The van der Waals surface area contributed by atoms with Crippen LogP contribution in [0.5, 0.6) is 0 Å². The van der Waals surface area contributed by atoms with Crippen LogP contribution in [-0.4, -0.2) is 71.9 Å². The first-order chi connectivity index (χ1) is 24.9. The van der Waals surface area contributed by atoms with E-state index in [2.05, 4.69) is 55.5 Å². The number of unbranched alkanes of at least 4 members (excludes halogenated alkanes) is 15. The summed E-state index contributed by atoms with van der Waals surface area (Å²) in [5, 5.41) is 27.4. The molecule has 0 saturated heterocycles. The minimum atomic E-state index is -1.000. The molecule has 0 amide bonds. The van der Waals surface area contributed by atoms with Crippen LogP contribution in [0.3, 0.4) is 0 Å². The average Bonchev–Trinajstić information content (AvgIpc) is 3.13. The number of hydrogen-bond donors (Lipinski definition) is 3. The Hall–Kier alpha value is -2.75. The lowest BCUT2D eigenvalue weighted by atomic mass is 10.1. The maximum atomic E-state index is 12.2. The van der Waals surface area contributed by atoms with E-state index >= 15 is 0 Å². The summed E-state index contributed by atoms with van der Waals surface area (Å²) in [5.74, 6) is -1.01. The minimum absolute atomic E-state index is 0.109. The lowest BCUT2D eigenvalue weighted by molar-refractivity contribution is -0.161. The van der Waals surface area contributed by atoms with Crippen LogP contribution in [0.25, 0.3) is 0 Å². The molecule has 0 aliphatic rings. The first-order valence-electron chi connectivity index (χ1n) is 19.9. The second-order valence-electron chi connectivity index (χ2n) is 13.2. The highest BCUT2D eigenvalue weighted by molar-refractivity contribution is 5.70. The quantitative estimate of drug-likeness (QED) is 0.0251. The van der Waals surface area contributed by atoms with E-state index in [0.29, 0.717) is 19.3 Å². The van der Waals surface area contributed by atoms with Gasteiger partial charge in [-0.05, 0) is 77.0 Å². The summed E-state index contributed by atoms with van der Waals surface area (Å²) in [6.45, 7) is 1.11. The van der Waals surface area contributed by atoms with Crippen LogP contribution in [-0.2, 0) is 28.6 Å². The predicted octanol–water partition coefficient (Wildman–Crippen LogP) is 8.94. The monoisotopic (exact) mass is 721 g/mol. The zero-order valence-electron chi connectivity index (χ0n) is 31.9. The summed E-state index contributed by atoms with van der Waals surface area (Å²) < 4.78 is 15.4. The van der Waals surface area contributed by atoms with Crippen LogP contribution < -0.4 is 0 Å². The van der Waals surface area contributed by atoms with Gasteiger partial charge in [0.15, 0.2) is 6.10 Å². The summed E-state index contributed by atoms with van der Waals surface area (Å²) in [7, 11) is 0. The van der Waals surface area contributed by atoms with Crippen molar-refractivity contribution in [3.8, 4) is 0 Å². The first-order valence-corrected chi connectivity index (χ1v) is 19.9. The molecule has 0 aromatic carbocycles. The highest BCUT2D eigenvalue weighted by atomic mass is 16.6. The molecule has 9 heteroatoms. The van der Waals surface area contributed by atoms with Crippen LogP contribution >= 0.6 is 0 Å². The lowest BCUT2D eigenvalue weighted by Gasteiger charge is -2.15. The van der Waals surface area contributed by atoms with Crippen LogP contribution in [0.4, 0.5) is 0 Å². The molecule has 0 rings (SSSR count). The largest absolute Gasteiger partial charge is 0.463 e. The van der Waals surface area contributed by atoms with Crippen LogP contribution in [0, 0.1) is 0 Å². The van der Waals surface area contributed by atoms with Crippen molar-refractivity contribution < 1.29 is 43.9 Å². The van der Waals surface area contributed by atoms with Crippen molar-refractivity contribution in [1.82, 2.24) is 0 Å². The van der Waals surface area contributed by atoms with Crippen LogP contribution in [0.2, 0.25) is 0 Å². The summed E-state index contributed by atoms with van der Waals surface area (Å²) in [6.07, 6.45) is 38.4. The van der Waals surface area contributed by atoms with E-state index in [9.17, 15) is 24.6 Å². The number of aliphatic hydroxyl groups excluding tert-OH is 3. The van der Waals surface area contributed by atoms with E-state index in [0.717, 1.165) is 135 Å². The summed E-state index contributed by atoms with van der Waals surface area (Å²) in [6, 6.07) is 0. The second kappa shape index (κ2) is 38.5. The Kier molecular flexibility index (Phi) is 36.4. The molecule has 0 aromatic heterocycles. The van der Waals surface area contributed by atoms with Gasteiger partial charge in [0.05, 0.1) is 13.2 Å². The average molecular weight is 721 g/mol. The molecule has 0 radical (unpaired) electrons. The maximum absolute atomic E-state index is 12.2. The molecule has 0 aliphatic carbocycles. The van der Waals surface area contributed by atoms with Crippen molar-refractivity contribution in [2.45, 2.75) is 173 Å². The molecule has 0 bridgehead atoms. The van der Waals surface area contributed by atoms with Gasteiger partial charge in [-0.15, -0.1) is 0 Å². The number of hydrogen-bond acceptors (Lipinski definition) is 9. The number of carbonyl (C=O) groups excluding carboxylic acids is 3. The zero-order chi connectivity index (χ0) is 37.5. The first kappa shape index (κ1) is 48.2. The smallest absolute Gasteiger partial charge is 0.306 e. The van der Waals surface area contributed by atoms with Gasteiger partial charge in [-0.3, -0.25) is 14.4 Å². The highest BCUT2D eigenvalue weighted by Gasteiger charge is 2.16. The van der Waals surface area contributed by atoms with Crippen molar-refractivity contribution in [2.24, 2.45) is 0 Å². The Balaban J connectivity index is 3.61. The third-order valence-electron chi connectivity index (χ3n) is 8.28. The summed E-state index contributed by atoms with van der Waals surface area (Å²) >= 11 is 0. The summed E-state index contributed by atoms with van der Waals surface area (Å²) in [4.78, 5) is 35.8. The van der Waals surface area contributed by atoms with E-state index in [-0.39, 0.29) is 37.7 Å². The molecule has 0 spiro atoms. The van der Waals surface area contributed by atoms with Crippen molar-refractivity contribution in [1.29, 1.82) is 0 Å². The summed E-state index contributed by atoms with van der Waals surface area (Å²) in [5.41, 5.74) is 0. The Labute approximate surface area is 309 Å². The number of esters is 3. The molecule has 0 fully saturated rings. The Bertz CT molecular complexity index is 941. The molecule has 0 aromatic rings. The van der Waals surface area contributed by atoms with E-state index in [1.165, 1.54) is 0 Å². The normalized spacial score (nSPS) is 13.1. The molecule has 3 N–H and O–H groups in total. The van der Waals surface area contributed by atoms with Gasteiger partial charge in [0, 0.05) is 19.3 Å². The molecule has 294 valence electrons. The maximum Gasteiger partial charge on any atom is 0.306 e. The Morgan fingerprint density at radius 3 is 1.35 bits per heavy atom. The molecule has 0 heterocycles. The van der Waals surface area contributed by atoms with Crippen LogP contribution in [0.15, 0.2) is 48.6 Å². The molecule has 2 unspecified atom stereocenters. The van der Waals surface area contributed by atoms with Gasteiger partial charge in [-0.25, -0.2) is 0 Å². The molecular formula is C42H72O9. The Morgan fingerprint density at radius 1 is 0.490 bits per heavy atom. The predicted molar refractivity (Wildman–Crippen MR) is 205 cm³/mol. The number of allylic oxidation sites excluding steroid dienone is 8. The van der Waals surface area contributed by atoms with Gasteiger partial charge >= 0.3 is 17.9 Å². The molecule has 9 nitrogen and oxygen atoms in total. The molecule has 0 saturated carbocycles. The van der Waals surface area contributed by atoms with Gasteiger partial charge in [-0.1, -0.05) is 113 Å². The zero-order valence-corrected chi connectivity index (χ0v) is 31.9. The van der Waals surface area contributed by atoms with Crippen molar-refractivity contribution in [3.05, 3.63) is 48.6 Å². The standard InChI is InChI=1S/C42H72O9/c1-2-3-4-5-6-7-8-9-10-15-18-21-24-27-30-33-42(48)51-39(35-44)37-50-41(47)32-29-26-23-20-17-14-12-11-13-16-19-22-25-28-31-40(46)49-36-38(45)34-43/h3-4,6-7,9-12,38-39,43-45H,2,5,8,13-37H2,1H3/b4-3-,7-6-,10-9-,12-11?. The molecular weight excluding hydrogens is 648 g/mol. The van der Waals surface area contributed by atoms with E-state index in [1.807, 2.05) is 0 Å². The fourth-order valence-electron chi connectivity index (χ4n) is 5.19. The van der Waals surface area contributed by atoms with E-state index in [1.54, 1.807) is 0 Å².